The molecule has 3 aromatic rings. The zero-order valence-electron chi connectivity index (χ0n) is 19.3. The first-order valence-electron chi connectivity index (χ1n) is 11.9. The zero-order valence-corrected chi connectivity index (χ0v) is 20.1. The summed E-state index contributed by atoms with van der Waals surface area (Å²) >= 11 is 1.58. The van der Waals surface area contributed by atoms with E-state index >= 15 is 0 Å². The van der Waals surface area contributed by atoms with Gasteiger partial charge in [0, 0.05) is 19.3 Å². The Kier molecular flexibility index (Phi) is 6.34. The van der Waals surface area contributed by atoms with E-state index in [9.17, 15) is 9.90 Å². The molecule has 3 aliphatic heterocycles. The van der Waals surface area contributed by atoms with Gasteiger partial charge in [-0.1, -0.05) is 29.4 Å². The molecule has 3 saturated heterocycles. The zero-order chi connectivity index (χ0) is 23.6. The molecule has 0 saturated carbocycles. The summed E-state index contributed by atoms with van der Waals surface area (Å²) in [7, 11) is 0. The summed E-state index contributed by atoms with van der Waals surface area (Å²) < 4.78 is 13.4. The Balaban J connectivity index is 1.18. The fourth-order valence-electron chi connectivity index (χ4n) is 5.41. The number of aliphatic hydroxyl groups is 1. The van der Waals surface area contributed by atoms with Crippen molar-refractivity contribution in [1.82, 2.24) is 10.3 Å². The van der Waals surface area contributed by atoms with E-state index in [-0.39, 0.29) is 11.8 Å². The number of hydrogen-bond donors (Lipinski definition) is 2. The van der Waals surface area contributed by atoms with Crippen molar-refractivity contribution in [2.75, 3.05) is 32.8 Å². The van der Waals surface area contributed by atoms with Gasteiger partial charge < -0.3 is 24.1 Å². The number of carbonyl (C=O) groups is 1. The Labute approximate surface area is 203 Å². The number of carbonyl (C=O) groups excluding carboxylic acids is 1. The second-order valence-electron chi connectivity index (χ2n) is 9.32. The number of aromatic nitrogens is 1. The highest BCUT2D eigenvalue weighted by atomic mass is 32.1. The van der Waals surface area contributed by atoms with Gasteiger partial charge >= 0.3 is 0 Å². The molecule has 1 aromatic carbocycles. The summed E-state index contributed by atoms with van der Waals surface area (Å²) in [5, 5.41) is 14.9. The lowest BCUT2D eigenvalue weighted by molar-refractivity contribution is -0.944. The van der Waals surface area contributed by atoms with Crippen LogP contribution in [0.15, 0.2) is 47.1 Å². The van der Waals surface area contributed by atoms with Crippen LogP contribution in [-0.4, -0.2) is 59.3 Å². The maximum atomic E-state index is 13.1. The maximum Gasteiger partial charge on any atom is 0.274 e. The predicted octanol–water partition coefficient (Wildman–Crippen LogP) is 3.29. The number of furan rings is 1. The van der Waals surface area contributed by atoms with Gasteiger partial charge in [0.25, 0.3) is 16.7 Å². The number of amides is 1. The summed E-state index contributed by atoms with van der Waals surface area (Å²) in [6, 6.07) is 11.3. The maximum absolute atomic E-state index is 13.1. The van der Waals surface area contributed by atoms with Crippen LogP contribution in [0.25, 0.3) is 10.2 Å². The molecule has 34 heavy (non-hydrogen) atoms. The Bertz CT molecular complexity index is 1170. The molecule has 2 atom stereocenters. The van der Waals surface area contributed by atoms with Crippen LogP contribution < -0.4 is 10.1 Å². The number of benzene rings is 1. The molecule has 2 N–H and O–H groups in total. The van der Waals surface area contributed by atoms with Crippen LogP contribution in [0.5, 0.6) is 5.19 Å². The van der Waals surface area contributed by atoms with Crippen LogP contribution in [0.3, 0.4) is 0 Å². The van der Waals surface area contributed by atoms with E-state index in [1.165, 1.54) is 6.26 Å². The second-order valence-corrected chi connectivity index (χ2v) is 10.3. The van der Waals surface area contributed by atoms with E-state index < -0.39 is 11.5 Å². The molecule has 7 nitrogen and oxygen atoms in total. The number of rotatable bonds is 8. The minimum absolute atomic E-state index is 0.0142. The Morgan fingerprint density at radius 1 is 1.32 bits per heavy atom. The third-order valence-corrected chi connectivity index (χ3v) is 8.16. The number of quaternary nitrogens is 1. The highest BCUT2D eigenvalue weighted by Gasteiger charge is 2.48. The van der Waals surface area contributed by atoms with Crippen LogP contribution in [0.4, 0.5) is 0 Å². The molecular formula is C26H30N3O4S+. The van der Waals surface area contributed by atoms with Crippen LogP contribution >= 0.6 is 11.3 Å². The van der Waals surface area contributed by atoms with E-state index in [2.05, 4.69) is 28.2 Å². The first kappa shape index (κ1) is 22.9. The van der Waals surface area contributed by atoms with E-state index in [0.29, 0.717) is 12.5 Å². The minimum Gasteiger partial charge on any atom is -0.470 e. The molecule has 1 unspecified atom stereocenters. The molecule has 0 spiro atoms. The SMILES string of the molecule is CC#CC(O)(C(=O)N[C@H]1C[N+]2(CCCOc3nc4ccccc4s3)CCC1CC2)c1ccco1. The van der Waals surface area contributed by atoms with Crippen molar-refractivity contribution in [3.8, 4) is 17.0 Å². The van der Waals surface area contributed by atoms with Gasteiger partial charge in [-0.05, 0) is 37.1 Å². The van der Waals surface area contributed by atoms with Crippen molar-refractivity contribution in [1.29, 1.82) is 0 Å². The minimum atomic E-state index is -1.97. The van der Waals surface area contributed by atoms with Crippen molar-refractivity contribution >= 4 is 27.5 Å². The lowest BCUT2D eigenvalue weighted by atomic mass is 9.81. The summed E-state index contributed by atoms with van der Waals surface area (Å²) in [4.78, 5) is 17.7. The number of nitrogens with zero attached hydrogens (tertiary/aromatic N) is 2. The van der Waals surface area contributed by atoms with E-state index in [4.69, 9.17) is 9.15 Å². The standard InChI is InChI=1S/C26H29N3O4S/c1-2-12-26(31,23-9-5-16-32-23)24(30)27-21-18-29(14-10-19(21)11-15-29)13-6-17-33-25-28-20-7-3-4-8-22(20)34-25/h3-5,7-9,16,19,21,31H,6,10-11,13-15,17-18H2,1H3/p+1/t19?,21-,26?,29?/m0/s1. The van der Waals surface area contributed by atoms with Gasteiger partial charge in [0.2, 0.25) is 0 Å². The number of hydrogen-bond acceptors (Lipinski definition) is 6. The second kappa shape index (κ2) is 9.41. The number of thiazole rings is 1. The van der Waals surface area contributed by atoms with Crippen molar-refractivity contribution in [3.63, 3.8) is 0 Å². The number of fused-ring (bicyclic) bond motifs is 4. The van der Waals surface area contributed by atoms with Crippen molar-refractivity contribution in [3.05, 3.63) is 48.4 Å². The van der Waals surface area contributed by atoms with Crippen LogP contribution in [0.2, 0.25) is 0 Å². The summed E-state index contributed by atoms with van der Waals surface area (Å²) in [5.74, 6) is 5.39. The molecule has 6 rings (SSSR count). The fourth-order valence-corrected chi connectivity index (χ4v) is 6.25. The molecular weight excluding hydrogens is 450 g/mol. The highest BCUT2D eigenvalue weighted by Crippen LogP contribution is 2.35. The largest absolute Gasteiger partial charge is 0.470 e. The lowest BCUT2D eigenvalue weighted by Crippen LogP contribution is -2.68. The van der Waals surface area contributed by atoms with Crippen LogP contribution in [0.1, 0.15) is 31.9 Å². The summed E-state index contributed by atoms with van der Waals surface area (Å²) in [6.45, 7) is 6.34. The Hall–Kier alpha value is -2.86. The molecule has 178 valence electrons. The molecule has 3 aliphatic rings. The average molecular weight is 481 g/mol. The van der Waals surface area contributed by atoms with Gasteiger partial charge in [-0.15, -0.1) is 5.92 Å². The molecule has 2 aromatic heterocycles. The van der Waals surface area contributed by atoms with Crippen LogP contribution in [0, 0.1) is 17.8 Å². The van der Waals surface area contributed by atoms with E-state index in [0.717, 1.165) is 65.3 Å². The van der Waals surface area contributed by atoms with Crippen LogP contribution in [-0.2, 0) is 10.4 Å². The number of ether oxygens (including phenoxy) is 1. The fraction of sp³-hybridized carbons (Fsp3) is 0.462. The van der Waals surface area contributed by atoms with Gasteiger partial charge in [-0.2, -0.15) is 0 Å². The Morgan fingerprint density at radius 2 is 2.15 bits per heavy atom. The van der Waals surface area contributed by atoms with E-state index in [1.807, 2.05) is 18.2 Å². The summed E-state index contributed by atoms with van der Waals surface area (Å²) in [5.41, 5.74) is -0.997. The molecule has 8 heteroatoms. The first-order valence-corrected chi connectivity index (χ1v) is 12.7. The normalized spacial score (nSPS) is 25.4. The predicted molar refractivity (Wildman–Crippen MR) is 130 cm³/mol. The van der Waals surface area contributed by atoms with Crippen molar-refractivity contribution in [2.24, 2.45) is 5.92 Å². The lowest BCUT2D eigenvalue weighted by Gasteiger charge is -2.53. The number of para-hydroxylation sites is 1. The van der Waals surface area contributed by atoms with E-state index in [1.54, 1.807) is 30.4 Å². The van der Waals surface area contributed by atoms with Gasteiger partial charge in [0.05, 0.1) is 55.3 Å². The molecule has 1 amide bonds. The molecule has 3 fully saturated rings. The molecule has 0 radical (unpaired) electrons. The van der Waals surface area contributed by atoms with Gasteiger partial charge in [0.1, 0.15) is 0 Å². The average Bonchev–Trinajstić information content (AvgIpc) is 3.53. The number of nitrogens with one attached hydrogen (secondary N) is 1. The van der Waals surface area contributed by atoms with Crippen molar-refractivity contribution in [2.45, 2.75) is 37.8 Å². The van der Waals surface area contributed by atoms with Crippen molar-refractivity contribution < 1.29 is 23.5 Å². The summed E-state index contributed by atoms with van der Waals surface area (Å²) in [6.07, 6.45) is 4.51. The first-order chi connectivity index (χ1) is 16.5. The topological polar surface area (TPSA) is 84.6 Å². The number of piperidine rings is 3. The quantitative estimate of drug-likeness (QED) is 0.294. The monoisotopic (exact) mass is 480 g/mol. The third kappa shape index (κ3) is 4.43. The molecule has 2 bridgehead atoms. The Morgan fingerprint density at radius 3 is 2.88 bits per heavy atom. The molecule has 5 heterocycles. The van der Waals surface area contributed by atoms with Gasteiger partial charge in [0.15, 0.2) is 5.76 Å². The molecule has 0 aliphatic carbocycles. The van der Waals surface area contributed by atoms with Gasteiger partial charge in [-0.25, -0.2) is 4.98 Å². The smallest absolute Gasteiger partial charge is 0.274 e. The highest BCUT2D eigenvalue weighted by molar-refractivity contribution is 7.20. The van der Waals surface area contributed by atoms with Gasteiger partial charge in [-0.3, -0.25) is 4.79 Å². The third-order valence-electron chi connectivity index (χ3n) is 7.21.